The predicted octanol–water partition coefficient (Wildman–Crippen LogP) is 0.803. The van der Waals surface area contributed by atoms with E-state index in [1.807, 2.05) is 10.2 Å². The molecule has 0 saturated carbocycles. The molecule has 0 heterocycles. The van der Waals surface area contributed by atoms with Gasteiger partial charge in [-0.05, 0) is 0 Å². The van der Waals surface area contributed by atoms with Crippen molar-refractivity contribution in [2.24, 2.45) is 16.0 Å². The molecule has 0 aromatic rings. The summed E-state index contributed by atoms with van der Waals surface area (Å²) in [6.07, 6.45) is 0. The molecule has 12 heteroatoms. The molecular formula is CH4F2N3O6Si. The molecule has 0 aliphatic carbocycles. The Morgan fingerprint density at radius 2 is 0.923 bits per heavy atom. The maximum atomic E-state index is 10.2. The molecule has 13 heavy (non-hydrogen) atoms. The average molecular weight is 220 g/mol. The molecule has 9 nitrogen and oxygen atoms in total. The van der Waals surface area contributed by atoms with Gasteiger partial charge in [0, 0.05) is 0 Å². The van der Waals surface area contributed by atoms with Crippen LogP contribution in [0.4, 0.5) is 8.78 Å². The minimum atomic E-state index is -2.36. The first-order valence-electron chi connectivity index (χ1n) is 1.87. The van der Waals surface area contributed by atoms with Crippen molar-refractivity contribution < 1.29 is 24.4 Å². The minimum Gasteiger partial charge on any atom is -0.379 e. The molecule has 3 radical (unpaired) electrons. The summed E-state index contributed by atoms with van der Waals surface area (Å²) in [6, 6.07) is -2.36. The Balaban J connectivity index is -0.0000000420. The Hall–Kier alpha value is -1.72. The molecule has 0 unspecified atom stereocenters. The molecule has 0 aliphatic rings. The normalized spacial score (nSPS) is 5.54. The second-order valence-electron chi connectivity index (χ2n) is 0.546. The van der Waals surface area contributed by atoms with Crippen LogP contribution in [0.15, 0.2) is 16.0 Å². The summed E-state index contributed by atoms with van der Waals surface area (Å²) in [5, 5.41) is 23.7. The van der Waals surface area contributed by atoms with Crippen molar-refractivity contribution in [2.45, 2.75) is 6.05 Å². The molecule has 0 spiro atoms. The van der Waals surface area contributed by atoms with Crippen LogP contribution in [0, 0.1) is 14.7 Å². The van der Waals surface area contributed by atoms with Crippen LogP contribution in [0.5, 0.6) is 0 Å². The lowest BCUT2D eigenvalue weighted by atomic mass is 11.7. The Kier molecular flexibility index (Phi) is 83.7. The fourth-order valence-electron chi connectivity index (χ4n) is 0. The highest BCUT2D eigenvalue weighted by Crippen LogP contribution is 1.76. The number of hydrogen-bond acceptors (Lipinski definition) is 6. The van der Waals surface area contributed by atoms with E-state index in [4.69, 9.17) is 30.3 Å². The van der Waals surface area contributed by atoms with Gasteiger partial charge in [-0.25, -0.2) is 8.78 Å². The van der Waals surface area contributed by atoms with Gasteiger partial charge in [0.05, 0.1) is 0 Å². The molecule has 0 saturated heterocycles. The molecule has 0 amide bonds. The third-order valence-corrected chi connectivity index (χ3v) is 0. The summed E-state index contributed by atoms with van der Waals surface area (Å²) >= 11 is 0. The zero-order chi connectivity index (χ0) is 11.7. The Morgan fingerprint density at radius 3 is 0.923 bits per heavy atom. The molecular weight excluding hydrogens is 216 g/mol. The van der Waals surface area contributed by atoms with Crippen molar-refractivity contribution in [1.82, 2.24) is 0 Å². The Morgan fingerprint density at radius 1 is 0.923 bits per heavy atom. The molecule has 0 fully saturated rings. The minimum absolute atomic E-state index is 1.25. The van der Waals surface area contributed by atoms with Crippen molar-refractivity contribution >= 4 is 10.2 Å². The SMILES string of the molecule is FC(F)[Si].O=NO.O=NO.O=NO. The van der Waals surface area contributed by atoms with Crippen molar-refractivity contribution in [3.8, 4) is 0 Å². The Bertz CT molecular complexity index is 86.9. The van der Waals surface area contributed by atoms with E-state index in [9.17, 15) is 8.78 Å². The highest BCUT2D eigenvalue weighted by atomic mass is 28.1. The lowest BCUT2D eigenvalue weighted by Gasteiger charge is -1.69. The van der Waals surface area contributed by atoms with Gasteiger partial charge in [-0.2, -0.15) is 0 Å². The van der Waals surface area contributed by atoms with E-state index in [-0.39, 0.29) is 0 Å². The summed E-state index contributed by atoms with van der Waals surface area (Å²) in [5.41, 5.74) is 0. The van der Waals surface area contributed by atoms with Gasteiger partial charge in [0.2, 0.25) is 6.05 Å². The monoisotopic (exact) mass is 220 g/mol. The van der Waals surface area contributed by atoms with E-state index in [2.05, 4.69) is 0 Å². The van der Waals surface area contributed by atoms with Gasteiger partial charge in [0.1, 0.15) is 10.2 Å². The Labute approximate surface area is 72.6 Å². The van der Waals surface area contributed by atoms with E-state index in [0.29, 0.717) is 0 Å². The van der Waals surface area contributed by atoms with Crippen molar-refractivity contribution in [3.63, 3.8) is 0 Å². The third kappa shape index (κ3) is 237. The summed E-state index contributed by atoms with van der Waals surface area (Å²) in [5.74, 6) is 0. The van der Waals surface area contributed by atoms with Crippen LogP contribution in [-0.4, -0.2) is 31.9 Å². The topological polar surface area (TPSA) is 149 Å². The summed E-state index contributed by atoms with van der Waals surface area (Å²) in [7, 11) is 1.98. The molecule has 0 rings (SSSR count). The van der Waals surface area contributed by atoms with Crippen molar-refractivity contribution in [2.75, 3.05) is 0 Å². The van der Waals surface area contributed by atoms with Crippen LogP contribution in [0.3, 0.4) is 0 Å². The fourth-order valence-corrected chi connectivity index (χ4v) is 0. The highest BCUT2D eigenvalue weighted by Gasteiger charge is 1.80. The zero-order valence-corrected chi connectivity index (χ0v) is 6.74. The summed E-state index contributed by atoms with van der Waals surface area (Å²) < 4.78 is 20.5. The molecule has 3 N–H and O–H groups in total. The average Bonchev–Trinajstić information content (AvgIpc) is 1.88. The van der Waals surface area contributed by atoms with E-state index in [1.54, 1.807) is 0 Å². The summed E-state index contributed by atoms with van der Waals surface area (Å²) in [6.45, 7) is 0. The largest absolute Gasteiger partial charge is 0.379 e. The zero-order valence-electron chi connectivity index (χ0n) is 5.74. The number of nitrogens with zero attached hydrogens (tertiary/aromatic N) is 3. The molecule has 0 bridgehead atoms. The first-order chi connectivity index (χ1) is 5.97. The third-order valence-electron chi connectivity index (χ3n) is 0. The van der Waals surface area contributed by atoms with Crippen molar-refractivity contribution in [1.29, 1.82) is 0 Å². The van der Waals surface area contributed by atoms with Gasteiger partial charge >= 0.3 is 0 Å². The molecule has 0 aliphatic heterocycles. The number of hydrogen-bond donors (Lipinski definition) is 3. The van der Waals surface area contributed by atoms with Gasteiger partial charge < -0.3 is 15.6 Å². The summed E-state index contributed by atoms with van der Waals surface area (Å²) in [4.78, 5) is 24.3. The number of halogens is 2. The first kappa shape index (κ1) is 22.5. The predicted molar refractivity (Wildman–Crippen MR) is 34.5 cm³/mol. The van der Waals surface area contributed by atoms with E-state index >= 15 is 0 Å². The smallest absolute Gasteiger partial charge is 0.213 e. The fraction of sp³-hybridized carbons (Fsp3) is 1.00. The maximum absolute atomic E-state index is 10.2. The first-order valence-corrected chi connectivity index (χ1v) is 2.45. The second-order valence-corrected chi connectivity index (χ2v) is 0.982. The van der Waals surface area contributed by atoms with Gasteiger partial charge in [0.15, 0.2) is 16.0 Å². The van der Waals surface area contributed by atoms with Crippen LogP contribution >= 0.6 is 0 Å². The maximum Gasteiger partial charge on any atom is 0.213 e. The van der Waals surface area contributed by atoms with Crippen LogP contribution in [0.1, 0.15) is 0 Å². The molecule has 0 atom stereocenters. The van der Waals surface area contributed by atoms with Gasteiger partial charge in [-0.3, -0.25) is 0 Å². The lowest BCUT2D eigenvalue weighted by Crippen LogP contribution is -1.80. The molecule has 77 valence electrons. The standard InChI is InChI=1S/CHF2Si.3HNO2/c2-1(3)4;3*2-1-3/h1H;3*(H,2,3). The van der Waals surface area contributed by atoms with Crippen molar-refractivity contribution in [3.05, 3.63) is 14.7 Å². The quantitative estimate of drug-likeness (QED) is 0.312. The second kappa shape index (κ2) is 48.4. The van der Waals surface area contributed by atoms with E-state index < -0.39 is 6.05 Å². The number of alkyl halides is 2. The van der Waals surface area contributed by atoms with Crippen LogP contribution in [0.25, 0.3) is 0 Å². The van der Waals surface area contributed by atoms with E-state index in [1.165, 1.54) is 16.0 Å². The number of rotatable bonds is 0. The van der Waals surface area contributed by atoms with Crippen LogP contribution < -0.4 is 0 Å². The lowest BCUT2D eigenvalue weighted by molar-refractivity contribution is 0.242. The van der Waals surface area contributed by atoms with Crippen LogP contribution in [-0.2, 0) is 0 Å². The van der Waals surface area contributed by atoms with Gasteiger partial charge in [-0.15, -0.1) is 14.7 Å². The van der Waals surface area contributed by atoms with Gasteiger partial charge in [0.25, 0.3) is 0 Å². The molecule has 0 aromatic heterocycles. The highest BCUT2D eigenvalue weighted by molar-refractivity contribution is 6.09. The van der Waals surface area contributed by atoms with E-state index in [0.717, 1.165) is 0 Å². The molecule has 0 aromatic carbocycles. The van der Waals surface area contributed by atoms with Gasteiger partial charge in [-0.1, -0.05) is 0 Å². The van der Waals surface area contributed by atoms with Crippen LogP contribution in [0.2, 0.25) is 0 Å².